The van der Waals surface area contributed by atoms with E-state index in [2.05, 4.69) is 0 Å². The molecule has 4 rings (SSSR count). The Morgan fingerprint density at radius 3 is 1.96 bits per heavy atom. The van der Waals surface area contributed by atoms with Crippen LogP contribution >= 0.6 is 0 Å². The van der Waals surface area contributed by atoms with E-state index in [0.29, 0.717) is 30.6 Å². The monoisotopic (exact) mass is 348 g/mol. The van der Waals surface area contributed by atoms with Crippen LogP contribution in [0, 0.1) is 0 Å². The third-order valence-corrected chi connectivity index (χ3v) is 5.11. The van der Waals surface area contributed by atoms with Gasteiger partial charge in [-0.15, -0.1) is 0 Å². The Labute approximate surface area is 152 Å². The van der Waals surface area contributed by atoms with E-state index in [1.807, 2.05) is 30.3 Å². The van der Waals surface area contributed by atoms with E-state index in [9.17, 15) is 14.4 Å². The van der Waals surface area contributed by atoms with E-state index >= 15 is 0 Å². The van der Waals surface area contributed by atoms with Crippen LogP contribution in [0.1, 0.15) is 39.1 Å². The molecule has 0 aromatic heterocycles. The van der Waals surface area contributed by atoms with Crippen LogP contribution in [0.4, 0.5) is 0 Å². The van der Waals surface area contributed by atoms with Gasteiger partial charge in [-0.3, -0.25) is 19.3 Å². The second kappa shape index (κ2) is 6.75. The van der Waals surface area contributed by atoms with Gasteiger partial charge in [-0.2, -0.15) is 0 Å². The zero-order valence-corrected chi connectivity index (χ0v) is 14.4. The van der Waals surface area contributed by atoms with Crippen LogP contribution in [-0.4, -0.2) is 46.7 Å². The highest BCUT2D eigenvalue weighted by atomic mass is 16.2. The minimum Gasteiger partial charge on any atom is -0.341 e. The molecule has 1 unspecified atom stereocenters. The third-order valence-electron chi connectivity index (χ3n) is 5.11. The number of carbonyl (C=O) groups is 3. The molecule has 0 radical (unpaired) electrons. The summed E-state index contributed by atoms with van der Waals surface area (Å²) >= 11 is 0. The first-order valence-electron chi connectivity index (χ1n) is 8.96. The summed E-state index contributed by atoms with van der Waals surface area (Å²) in [5.74, 6) is -0.890. The molecule has 0 saturated carbocycles. The van der Waals surface area contributed by atoms with Gasteiger partial charge in [0.25, 0.3) is 11.8 Å². The zero-order chi connectivity index (χ0) is 18.1. The molecule has 1 atom stereocenters. The summed E-state index contributed by atoms with van der Waals surface area (Å²) in [4.78, 5) is 41.9. The Bertz CT molecular complexity index is 822. The Balaban J connectivity index is 1.70. The largest absolute Gasteiger partial charge is 0.341 e. The predicted octanol–water partition coefficient (Wildman–Crippen LogP) is 2.52. The molecule has 1 saturated heterocycles. The van der Waals surface area contributed by atoms with Crippen LogP contribution < -0.4 is 0 Å². The van der Waals surface area contributed by atoms with Crippen molar-refractivity contribution in [3.63, 3.8) is 0 Å². The summed E-state index contributed by atoms with van der Waals surface area (Å²) in [6.07, 6.45) is 2.26. The highest BCUT2D eigenvalue weighted by Crippen LogP contribution is 2.27. The lowest BCUT2D eigenvalue weighted by atomic mass is 10.0. The average Bonchev–Trinajstić information content (AvgIpc) is 3.29. The zero-order valence-electron chi connectivity index (χ0n) is 14.4. The number of likely N-dealkylation sites (tertiary alicyclic amines) is 1. The van der Waals surface area contributed by atoms with Crippen molar-refractivity contribution in [1.82, 2.24) is 9.80 Å². The second-order valence-corrected chi connectivity index (χ2v) is 6.76. The summed E-state index contributed by atoms with van der Waals surface area (Å²) in [5.41, 5.74) is 1.69. The van der Waals surface area contributed by atoms with Crippen molar-refractivity contribution in [3.8, 4) is 0 Å². The quantitative estimate of drug-likeness (QED) is 0.798. The van der Waals surface area contributed by atoms with Gasteiger partial charge in [0.05, 0.1) is 11.1 Å². The van der Waals surface area contributed by atoms with Crippen molar-refractivity contribution in [2.24, 2.45) is 0 Å². The van der Waals surface area contributed by atoms with E-state index < -0.39 is 6.04 Å². The van der Waals surface area contributed by atoms with Crippen molar-refractivity contribution in [2.45, 2.75) is 25.3 Å². The maximum Gasteiger partial charge on any atom is 0.262 e. The third kappa shape index (κ3) is 2.79. The number of carbonyl (C=O) groups excluding carboxylic acids is 3. The molecule has 1 fully saturated rings. The SMILES string of the molecule is O=C(C(Cc1ccccc1)N1C(=O)c2ccccc2C1=O)N1CCCC1. The van der Waals surface area contributed by atoms with Crippen LogP contribution in [-0.2, 0) is 11.2 Å². The highest BCUT2D eigenvalue weighted by molar-refractivity contribution is 6.22. The Morgan fingerprint density at radius 1 is 0.846 bits per heavy atom. The van der Waals surface area contributed by atoms with Gasteiger partial charge in [0.2, 0.25) is 5.91 Å². The standard InChI is InChI=1S/C21H20N2O3/c24-19-16-10-4-5-11-17(16)20(25)23(19)18(14-15-8-2-1-3-9-15)21(26)22-12-6-7-13-22/h1-5,8-11,18H,6-7,12-14H2. The molecule has 2 aliphatic rings. The highest BCUT2D eigenvalue weighted by Gasteiger charge is 2.44. The van der Waals surface area contributed by atoms with Crippen LogP contribution in [0.25, 0.3) is 0 Å². The van der Waals surface area contributed by atoms with E-state index in [0.717, 1.165) is 23.3 Å². The van der Waals surface area contributed by atoms with Crippen molar-refractivity contribution < 1.29 is 14.4 Å². The maximum absolute atomic E-state index is 13.2. The molecule has 2 heterocycles. The van der Waals surface area contributed by atoms with Crippen LogP contribution in [0.5, 0.6) is 0 Å². The van der Waals surface area contributed by atoms with E-state index in [-0.39, 0.29) is 17.7 Å². The molecule has 5 heteroatoms. The molecule has 2 aromatic carbocycles. The van der Waals surface area contributed by atoms with Gasteiger partial charge >= 0.3 is 0 Å². The minimum absolute atomic E-state index is 0.138. The van der Waals surface area contributed by atoms with Crippen LogP contribution in [0.15, 0.2) is 54.6 Å². The topological polar surface area (TPSA) is 57.7 Å². The summed E-state index contributed by atoms with van der Waals surface area (Å²) in [5, 5.41) is 0. The lowest BCUT2D eigenvalue weighted by Crippen LogP contribution is -2.51. The molecule has 3 amide bonds. The van der Waals surface area contributed by atoms with Gasteiger partial charge in [0.15, 0.2) is 0 Å². The lowest BCUT2D eigenvalue weighted by Gasteiger charge is -2.29. The normalized spacial score (nSPS) is 17.5. The van der Waals surface area contributed by atoms with Crippen LogP contribution in [0.2, 0.25) is 0 Å². The number of rotatable bonds is 4. The van der Waals surface area contributed by atoms with E-state index in [4.69, 9.17) is 0 Å². The van der Waals surface area contributed by atoms with Crippen molar-refractivity contribution in [2.75, 3.05) is 13.1 Å². The summed E-state index contributed by atoms with van der Waals surface area (Å²) in [6.45, 7) is 1.38. The molecule has 2 aromatic rings. The van der Waals surface area contributed by atoms with E-state index in [1.165, 1.54) is 0 Å². The first kappa shape index (κ1) is 16.5. The number of fused-ring (bicyclic) bond motifs is 1. The van der Waals surface area contributed by atoms with Gasteiger partial charge in [-0.25, -0.2) is 0 Å². The Morgan fingerprint density at radius 2 is 1.38 bits per heavy atom. The fraction of sp³-hybridized carbons (Fsp3) is 0.286. The van der Waals surface area contributed by atoms with Gasteiger partial charge in [-0.1, -0.05) is 42.5 Å². The number of imide groups is 1. The molecule has 132 valence electrons. The number of nitrogens with zero attached hydrogens (tertiary/aromatic N) is 2. The average molecular weight is 348 g/mol. The maximum atomic E-state index is 13.2. The fourth-order valence-corrected chi connectivity index (χ4v) is 3.77. The minimum atomic E-state index is -0.803. The molecule has 0 bridgehead atoms. The fourth-order valence-electron chi connectivity index (χ4n) is 3.77. The predicted molar refractivity (Wildman–Crippen MR) is 96.7 cm³/mol. The number of hydrogen-bond acceptors (Lipinski definition) is 3. The Kier molecular flexibility index (Phi) is 4.29. The molecule has 0 N–H and O–H groups in total. The number of hydrogen-bond donors (Lipinski definition) is 0. The van der Waals surface area contributed by atoms with Gasteiger partial charge in [0, 0.05) is 19.5 Å². The van der Waals surface area contributed by atoms with Crippen molar-refractivity contribution in [3.05, 3.63) is 71.3 Å². The summed E-state index contributed by atoms with van der Waals surface area (Å²) in [6, 6.07) is 15.5. The number of amides is 3. The molecular weight excluding hydrogens is 328 g/mol. The van der Waals surface area contributed by atoms with E-state index in [1.54, 1.807) is 29.2 Å². The lowest BCUT2D eigenvalue weighted by molar-refractivity contribution is -0.134. The van der Waals surface area contributed by atoms with Crippen molar-refractivity contribution >= 4 is 17.7 Å². The molecule has 2 aliphatic heterocycles. The Hall–Kier alpha value is -2.95. The van der Waals surface area contributed by atoms with Gasteiger partial charge in [-0.05, 0) is 30.5 Å². The summed E-state index contributed by atoms with van der Waals surface area (Å²) in [7, 11) is 0. The first-order chi connectivity index (χ1) is 12.7. The molecule has 26 heavy (non-hydrogen) atoms. The van der Waals surface area contributed by atoms with Gasteiger partial charge < -0.3 is 4.90 Å². The smallest absolute Gasteiger partial charge is 0.262 e. The molecule has 5 nitrogen and oxygen atoms in total. The van der Waals surface area contributed by atoms with Gasteiger partial charge in [0.1, 0.15) is 6.04 Å². The van der Waals surface area contributed by atoms with Crippen molar-refractivity contribution in [1.29, 1.82) is 0 Å². The second-order valence-electron chi connectivity index (χ2n) is 6.76. The molecule has 0 spiro atoms. The first-order valence-corrected chi connectivity index (χ1v) is 8.96. The summed E-state index contributed by atoms with van der Waals surface area (Å²) < 4.78 is 0. The molecular formula is C21H20N2O3. The van der Waals surface area contributed by atoms with Crippen LogP contribution in [0.3, 0.4) is 0 Å². The number of benzene rings is 2. The molecule has 0 aliphatic carbocycles.